The Balaban J connectivity index is 1.40. The van der Waals surface area contributed by atoms with E-state index in [1.165, 1.54) is 0 Å². The maximum absolute atomic E-state index is 12.4. The number of fused-ring (bicyclic) bond motifs is 3. The molecule has 1 heterocycles. The summed E-state index contributed by atoms with van der Waals surface area (Å²) in [6, 6.07) is 0. The average Bonchev–Trinajstić information content (AvgIpc) is 3.07. The summed E-state index contributed by atoms with van der Waals surface area (Å²) >= 11 is 0. The lowest BCUT2D eigenvalue weighted by atomic mass is 9.39. The van der Waals surface area contributed by atoms with Gasteiger partial charge in [0.2, 0.25) is 0 Å². The molecule has 4 saturated carbocycles. The SMILES string of the molecule is C[C@@]12CCC[C@@](C)(C(=O)O)[C@H]1[C@H](O)[C@H](O)C13C[C@@H](CC[C@H]12)[C@](O)(CO[C@@H]1O[C@H](CO)[C@@H](O)[C@H](O)[C@H]1O)C3. The number of hydrogen-bond donors (Lipinski definition) is 8. The van der Waals surface area contributed by atoms with Gasteiger partial charge in [0.1, 0.15) is 24.4 Å². The summed E-state index contributed by atoms with van der Waals surface area (Å²) in [6.45, 7) is 2.85. The number of aliphatic hydroxyl groups is 7. The molecular formula is C26H42O11. The molecule has 0 radical (unpaired) electrons. The lowest BCUT2D eigenvalue weighted by Gasteiger charge is -2.66. The molecule has 0 aromatic heterocycles. The van der Waals surface area contributed by atoms with Crippen LogP contribution in [-0.2, 0) is 14.3 Å². The largest absolute Gasteiger partial charge is 0.481 e. The van der Waals surface area contributed by atoms with E-state index in [0.717, 1.165) is 6.42 Å². The van der Waals surface area contributed by atoms with E-state index in [4.69, 9.17) is 9.47 Å². The predicted octanol–water partition coefficient (Wildman–Crippen LogP) is -1.03. The molecule has 1 spiro atoms. The van der Waals surface area contributed by atoms with Crippen LogP contribution in [0.25, 0.3) is 0 Å². The number of rotatable bonds is 5. The number of hydrogen-bond acceptors (Lipinski definition) is 10. The van der Waals surface area contributed by atoms with Crippen LogP contribution >= 0.6 is 0 Å². The second-order valence-corrected chi connectivity index (χ2v) is 13.0. The van der Waals surface area contributed by atoms with Gasteiger partial charge in [0.15, 0.2) is 6.29 Å². The van der Waals surface area contributed by atoms with Crippen molar-refractivity contribution >= 4 is 5.97 Å². The van der Waals surface area contributed by atoms with Crippen molar-refractivity contribution in [1.82, 2.24) is 0 Å². The summed E-state index contributed by atoms with van der Waals surface area (Å²) in [5.74, 6) is -1.94. The number of ether oxygens (including phenoxy) is 2. The summed E-state index contributed by atoms with van der Waals surface area (Å²) in [5, 5.41) is 84.9. The molecule has 14 atom stereocenters. The van der Waals surface area contributed by atoms with E-state index in [-0.39, 0.29) is 24.9 Å². The summed E-state index contributed by atoms with van der Waals surface area (Å²) in [5.41, 5.74) is -3.93. The van der Waals surface area contributed by atoms with E-state index >= 15 is 0 Å². The normalized spacial score (nSPS) is 57.4. The monoisotopic (exact) mass is 530 g/mol. The van der Waals surface area contributed by atoms with Crippen molar-refractivity contribution in [3.8, 4) is 0 Å². The van der Waals surface area contributed by atoms with E-state index in [2.05, 4.69) is 0 Å². The van der Waals surface area contributed by atoms with Crippen LogP contribution < -0.4 is 0 Å². The van der Waals surface area contributed by atoms with Gasteiger partial charge in [0, 0.05) is 11.3 Å². The molecule has 2 bridgehead atoms. The molecule has 5 rings (SSSR count). The van der Waals surface area contributed by atoms with Crippen LogP contribution in [0.2, 0.25) is 0 Å². The van der Waals surface area contributed by atoms with Crippen LogP contribution in [0.1, 0.15) is 58.8 Å². The molecule has 8 N–H and O–H groups in total. The van der Waals surface area contributed by atoms with Gasteiger partial charge in [-0.3, -0.25) is 4.79 Å². The first-order valence-electron chi connectivity index (χ1n) is 13.5. The fraction of sp³-hybridized carbons (Fsp3) is 0.962. The zero-order valence-electron chi connectivity index (χ0n) is 21.4. The minimum absolute atomic E-state index is 0.0973. The highest BCUT2D eigenvalue weighted by Crippen LogP contribution is 2.72. The maximum atomic E-state index is 12.4. The second kappa shape index (κ2) is 9.07. The molecular weight excluding hydrogens is 488 g/mol. The minimum atomic E-state index is -1.60. The van der Waals surface area contributed by atoms with Crippen molar-refractivity contribution in [3.63, 3.8) is 0 Å². The molecule has 1 unspecified atom stereocenters. The van der Waals surface area contributed by atoms with Gasteiger partial charge in [-0.05, 0) is 62.7 Å². The van der Waals surface area contributed by atoms with Gasteiger partial charge in [0.05, 0.1) is 36.4 Å². The Morgan fingerprint density at radius 2 is 1.70 bits per heavy atom. The number of carboxylic acids is 1. The molecule has 4 aliphatic carbocycles. The molecule has 0 aromatic rings. The molecule has 0 aromatic carbocycles. The Morgan fingerprint density at radius 3 is 2.35 bits per heavy atom. The lowest BCUT2D eigenvalue weighted by molar-refractivity contribution is -0.310. The standard InChI is InChI=1S/C26H42O11/c1-23-6-3-7-24(2,22(33)34)19(23)18(31)20(32)25-8-12(4-5-14(23)25)26(35,10-25)11-36-21-17(30)16(29)15(28)13(9-27)37-21/h12-21,27-32,35H,3-11H2,1-2H3,(H,33,34)/t12-,13-,14+,15-,16+,17-,18+,19+,20+,21-,23+,24-,25?,26-/m1/s1. The van der Waals surface area contributed by atoms with Gasteiger partial charge in [-0.1, -0.05) is 13.3 Å². The van der Waals surface area contributed by atoms with E-state index in [1.807, 2.05) is 6.92 Å². The zero-order valence-corrected chi connectivity index (χ0v) is 21.4. The van der Waals surface area contributed by atoms with Crippen LogP contribution in [-0.4, -0.2) is 109 Å². The third-order valence-electron chi connectivity index (χ3n) is 11.2. The predicted molar refractivity (Wildman–Crippen MR) is 126 cm³/mol. The Labute approximate surface area is 216 Å². The van der Waals surface area contributed by atoms with Gasteiger partial charge in [0.25, 0.3) is 0 Å². The highest BCUT2D eigenvalue weighted by Gasteiger charge is 2.74. The zero-order chi connectivity index (χ0) is 27.1. The van der Waals surface area contributed by atoms with Crippen molar-refractivity contribution in [2.75, 3.05) is 13.2 Å². The first-order chi connectivity index (χ1) is 17.2. The van der Waals surface area contributed by atoms with E-state index in [0.29, 0.717) is 32.1 Å². The second-order valence-electron chi connectivity index (χ2n) is 13.0. The van der Waals surface area contributed by atoms with Crippen molar-refractivity contribution in [2.24, 2.45) is 34.0 Å². The Hall–Kier alpha value is -0.890. The van der Waals surface area contributed by atoms with Crippen LogP contribution in [0.15, 0.2) is 0 Å². The van der Waals surface area contributed by atoms with Crippen molar-refractivity contribution in [3.05, 3.63) is 0 Å². The molecule has 212 valence electrons. The summed E-state index contributed by atoms with van der Waals surface area (Å²) in [6.07, 6.45) is -5.91. The van der Waals surface area contributed by atoms with Crippen LogP contribution in [0, 0.1) is 34.0 Å². The van der Waals surface area contributed by atoms with Crippen molar-refractivity contribution < 1.29 is 55.1 Å². The first-order valence-corrected chi connectivity index (χ1v) is 13.5. The Kier molecular flexibility index (Phi) is 6.78. The Morgan fingerprint density at radius 1 is 1.00 bits per heavy atom. The minimum Gasteiger partial charge on any atom is -0.481 e. The molecule has 1 saturated heterocycles. The highest BCUT2D eigenvalue weighted by atomic mass is 16.7. The molecule has 37 heavy (non-hydrogen) atoms. The highest BCUT2D eigenvalue weighted by molar-refractivity contribution is 5.75. The van der Waals surface area contributed by atoms with Crippen molar-refractivity contribution in [2.45, 2.75) is 107 Å². The van der Waals surface area contributed by atoms with E-state index in [1.54, 1.807) is 6.92 Å². The first kappa shape index (κ1) is 27.7. The van der Waals surface area contributed by atoms with Gasteiger partial charge < -0.3 is 50.3 Å². The van der Waals surface area contributed by atoms with Gasteiger partial charge >= 0.3 is 5.97 Å². The van der Waals surface area contributed by atoms with Gasteiger partial charge in [-0.2, -0.15) is 0 Å². The van der Waals surface area contributed by atoms with Crippen molar-refractivity contribution in [1.29, 1.82) is 0 Å². The van der Waals surface area contributed by atoms with E-state index < -0.39 is 83.3 Å². The fourth-order valence-corrected chi connectivity index (χ4v) is 9.54. The quantitative estimate of drug-likeness (QED) is 0.216. The van der Waals surface area contributed by atoms with Gasteiger partial charge in [-0.25, -0.2) is 0 Å². The van der Waals surface area contributed by atoms with Crippen LogP contribution in [0.5, 0.6) is 0 Å². The number of carbonyl (C=O) groups is 1. The number of aliphatic hydroxyl groups excluding tert-OH is 6. The fourth-order valence-electron chi connectivity index (χ4n) is 9.54. The molecule has 1 aliphatic heterocycles. The third-order valence-corrected chi connectivity index (χ3v) is 11.2. The topological polar surface area (TPSA) is 197 Å². The molecule has 0 amide bonds. The maximum Gasteiger partial charge on any atom is 0.309 e. The smallest absolute Gasteiger partial charge is 0.309 e. The number of carboxylic acid groups (broad SMARTS) is 1. The van der Waals surface area contributed by atoms with Crippen LogP contribution in [0.4, 0.5) is 0 Å². The molecule has 11 nitrogen and oxygen atoms in total. The molecule has 5 aliphatic rings. The third kappa shape index (κ3) is 3.76. The average molecular weight is 531 g/mol. The van der Waals surface area contributed by atoms with Crippen LogP contribution in [0.3, 0.4) is 0 Å². The summed E-state index contributed by atoms with van der Waals surface area (Å²) in [4.78, 5) is 12.4. The van der Waals surface area contributed by atoms with Gasteiger partial charge in [-0.15, -0.1) is 0 Å². The van der Waals surface area contributed by atoms with E-state index in [9.17, 15) is 45.6 Å². The lowest BCUT2D eigenvalue weighted by Crippen LogP contribution is -2.69. The summed E-state index contributed by atoms with van der Waals surface area (Å²) < 4.78 is 11.2. The molecule has 5 fully saturated rings. The summed E-state index contributed by atoms with van der Waals surface area (Å²) in [7, 11) is 0. The number of aliphatic carboxylic acids is 1. The Bertz CT molecular complexity index is 900. The molecule has 11 heteroatoms.